The molecule has 1 aromatic rings. The molecule has 1 atom stereocenters. The highest BCUT2D eigenvalue weighted by atomic mass is 32.2. The maximum atomic E-state index is 12.0. The molecule has 1 heterocycles. The first-order valence-electron chi connectivity index (χ1n) is 6.96. The molecule has 6 heteroatoms. The van der Waals surface area contributed by atoms with Gasteiger partial charge in [0.1, 0.15) is 0 Å². The third-order valence-corrected chi connectivity index (χ3v) is 5.59. The van der Waals surface area contributed by atoms with Crippen molar-refractivity contribution in [2.75, 3.05) is 38.6 Å². The number of sulfonamides is 1. The standard InChI is InChI=1S/C14H23N3O2S/c1-4-17(13-9-10-15-11-13)12-5-7-14(8-6-12)20(18,19)16(2)3/h5-8,13,15H,4,9-11H2,1-3H3. The van der Waals surface area contributed by atoms with E-state index < -0.39 is 10.0 Å². The molecule has 0 aliphatic carbocycles. The summed E-state index contributed by atoms with van der Waals surface area (Å²) in [5.74, 6) is 0. The lowest BCUT2D eigenvalue weighted by molar-refractivity contribution is 0.520. The molecular formula is C14H23N3O2S. The average Bonchev–Trinajstić information content (AvgIpc) is 2.94. The summed E-state index contributed by atoms with van der Waals surface area (Å²) >= 11 is 0. The SMILES string of the molecule is CCN(c1ccc(S(=O)(=O)N(C)C)cc1)C1CCNC1. The zero-order valence-corrected chi connectivity index (χ0v) is 13.2. The van der Waals surface area contributed by atoms with Gasteiger partial charge in [-0.05, 0) is 44.2 Å². The van der Waals surface area contributed by atoms with Crippen molar-refractivity contribution in [2.24, 2.45) is 0 Å². The highest BCUT2D eigenvalue weighted by Gasteiger charge is 2.22. The van der Waals surface area contributed by atoms with E-state index in [9.17, 15) is 8.42 Å². The molecule has 1 N–H and O–H groups in total. The summed E-state index contributed by atoms with van der Waals surface area (Å²) in [4.78, 5) is 2.67. The summed E-state index contributed by atoms with van der Waals surface area (Å²) in [6, 6.07) is 7.68. The van der Waals surface area contributed by atoms with Crippen LogP contribution in [0.2, 0.25) is 0 Å². The van der Waals surface area contributed by atoms with Gasteiger partial charge in [-0.2, -0.15) is 0 Å². The van der Waals surface area contributed by atoms with Gasteiger partial charge in [-0.1, -0.05) is 0 Å². The van der Waals surface area contributed by atoms with Crippen LogP contribution in [0.15, 0.2) is 29.2 Å². The van der Waals surface area contributed by atoms with Gasteiger partial charge in [0.15, 0.2) is 0 Å². The number of benzene rings is 1. The van der Waals surface area contributed by atoms with E-state index in [4.69, 9.17) is 0 Å². The van der Waals surface area contributed by atoms with Crippen molar-refractivity contribution in [1.82, 2.24) is 9.62 Å². The topological polar surface area (TPSA) is 52.7 Å². The zero-order chi connectivity index (χ0) is 14.8. The second-order valence-electron chi connectivity index (χ2n) is 5.21. The number of hydrogen-bond donors (Lipinski definition) is 1. The van der Waals surface area contributed by atoms with Crippen molar-refractivity contribution in [3.63, 3.8) is 0 Å². The quantitative estimate of drug-likeness (QED) is 0.885. The molecule has 1 aliphatic heterocycles. The summed E-state index contributed by atoms with van der Waals surface area (Å²) in [5.41, 5.74) is 1.08. The van der Waals surface area contributed by atoms with E-state index in [-0.39, 0.29) is 0 Å². The Hall–Kier alpha value is -1.11. The van der Waals surface area contributed by atoms with E-state index in [1.807, 2.05) is 12.1 Å². The monoisotopic (exact) mass is 297 g/mol. The van der Waals surface area contributed by atoms with Crippen LogP contribution in [0.3, 0.4) is 0 Å². The third kappa shape index (κ3) is 2.97. The molecule has 0 amide bonds. The molecule has 2 rings (SSSR count). The predicted molar refractivity (Wildman–Crippen MR) is 81.6 cm³/mol. The second kappa shape index (κ2) is 6.11. The second-order valence-corrected chi connectivity index (χ2v) is 7.37. The van der Waals surface area contributed by atoms with Gasteiger partial charge in [-0.25, -0.2) is 12.7 Å². The van der Waals surface area contributed by atoms with E-state index in [2.05, 4.69) is 17.1 Å². The van der Waals surface area contributed by atoms with Crippen LogP contribution in [0, 0.1) is 0 Å². The zero-order valence-electron chi connectivity index (χ0n) is 12.3. The van der Waals surface area contributed by atoms with Gasteiger partial charge in [0, 0.05) is 38.9 Å². The molecule has 0 saturated carbocycles. The molecule has 0 spiro atoms. The number of nitrogens with one attached hydrogen (secondary N) is 1. The maximum absolute atomic E-state index is 12.0. The Kier molecular flexibility index (Phi) is 4.67. The van der Waals surface area contributed by atoms with Gasteiger partial charge in [-0.3, -0.25) is 0 Å². The van der Waals surface area contributed by atoms with E-state index in [0.717, 1.165) is 31.7 Å². The van der Waals surface area contributed by atoms with Crippen LogP contribution in [0.5, 0.6) is 0 Å². The van der Waals surface area contributed by atoms with Crippen LogP contribution >= 0.6 is 0 Å². The molecule has 0 aromatic heterocycles. The Labute approximate surface area is 121 Å². The molecular weight excluding hydrogens is 274 g/mol. The van der Waals surface area contributed by atoms with E-state index in [1.165, 1.54) is 4.31 Å². The van der Waals surface area contributed by atoms with Crippen LogP contribution in [-0.4, -0.2) is 52.5 Å². The molecule has 1 saturated heterocycles. The minimum atomic E-state index is -3.34. The Balaban J connectivity index is 2.23. The Morgan fingerprint density at radius 2 is 1.90 bits per heavy atom. The van der Waals surface area contributed by atoms with Gasteiger partial charge in [0.25, 0.3) is 0 Å². The first-order chi connectivity index (χ1) is 9.46. The fraction of sp³-hybridized carbons (Fsp3) is 0.571. The Morgan fingerprint density at radius 1 is 1.25 bits per heavy atom. The minimum Gasteiger partial charge on any atom is -0.367 e. The van der Waals surface area contributed by atoms with Gasteiger partial charge >= 0.3 is 0 Å². The lowest BCUT2D eigenvalue weighted by atomic mass is 10.2. The summed E-state index contributed by atoms with van der Waals surface area (Å²) in [7, 11) is -0.248. The van der Waals surface area contributed by atoms with Gasteiger partial charge in [0.2, 0.25) is 10.0 Å². The number of nitrogens with zero attached hydrogens (tertiary/aromatic N) is 2. The first-order valence-corrected chi connectivity index (χ1v) is 8.40. The number of likely N-dealkylation sites (N-methyl/N-ethyl adjacent to an activating group) is 1. The fourth-order valence-electron chi connectivity index (χ4n) is 2.58. The third-order valence-electron chi connectivity index (χ3n) is 3.76. The molecule has 1 unspecified atom stereocenters. The molecule has 20 heavy (non-hydrogen) atoms. The van der Waals surface area contributed by atoms with Crippen molar-refractivity contribution in [2.45, 2.75) is 24.3 Å². The molecule has 112 valence electrons. The number of rotatable bonds is 5. The Morgan fingerprint density at radius 3 is 2.35 bits per heavy atom. The van der Waals surface area contributed by atoms with Gasteiger partial charge in [0.05, 0.1) is 4.90 Å². The van der Waals surface area contributed by atoms with Gasteiger partial charge in [-0.15, -0.1) is 0 Å². The highest BCUT2D eigenvalue weighted by Crippen LogP contribution is 2.23. The lowest BCUT2D eigenvalue weighted by Crippen LogP contribution is -2.36. The van der Waals surface area contributed by atoms with Crippen LogP contribution in [-0.2, 0) is 10.0 Å². The molecule has 1 fully saturated rings. The minimum absolute atomic E-state index is 0.340. The van der Waals surface area contributed by atoms with Crippen LogP contribution < -0.4 is 10.2 Å². The average molecular weight is 297 g/mol. The van der Waals surface area contributed by atoms with Crippen molar-refractivity contribution in [3.05, 3.63) is 24.3 Å². The van der Waals surface area contributed by atoms with Gasteiger partial charge < -0.3 is 10.2 Å². The summed E-state index contributed by atoms with van der Waals surface area (Å²) < 4.78 is 25.3. The van der Waals surface area contributed by atoms with E-state index >= 15 is 0 Å². The maximum Gasteiger partial charge on any atom is 0.242 e. The van der Waals surface area contributed by atoms with Crippen LogP contribution in [0.1, 0.15) is 13.3 Å². The Bertz CT molecular complexity index is 534. The molecule has 0 bridgehead atoms. The predicted octanol–water partition coefficient (Wildman–Crippen LogP) is 1.13. The first kappa shape index (κ1) is 15.3. The molecule has 1 aromatic carbocycles. The molecule has 0 radical (unpaired) electrons. The summed E-state index contributed by atoms with van der Waals surface area (Å²) in [6.07, 6.45) is 1.13. The largest absolute Gasteiger partial charge is 0.367 e. The normalized spacial score (nSPS) is 19.5. The van der Waals surface area contributed by atoms with Crippen molar-refractivity contribution in [3.8, 4) is 0 Å². The fourth-order valence-corrected chi connectivity index (χ4v) is 3.48. The van der Waals surface area contributed by atoms with Crippen molar-refractivity contribution >= 4 is 15.7 Å². The van der Waals surface area contributed by atoms with E-state index in [1.54, 1.807) is 26.2 Å². The summed E-state index contributed by atoms with van der Waals surface area (Å²) in [6.45, 7) is 5.09. The number of hydrogen-bond acceptors (Lipinski definition) is 4. The lowest BCUT2D eigenvalue weighted by Gasteiger charge is -2.29. The van der Waals surface area contributed by atoms with Crippen LogP contribution in [0.25, 0.3) is 0 Å². The molecule has 1 aliphatic rings. The van der Waals surface area contributed by atoms with Crippen molar-refractivity contribution < 1.29 is 8.42 Å². The smallest absolute Gasteiger partial charge is 0.242 e. The number of anilines is 1. The highest BCUT2D eigenvalue weighted by molar-refractivity contribution is 7.89. The van der Waals surface area contributed by atoms with Crippen molar-refractivity contribution in [1.29, 1.82) is 0 Å². The van der Waals surface area contributed by atoms with Crippen LogP contribution in [0.4, 0.5) is 5.69 Å². The molecule has 5 nitrogen and oxygen atoms in total. The van der Waals surface area contributed by atoms with E-state index in [0.29, 0.717) is 10.9 Å². The summed E-state index contributed by atoms with van der Waals surface area (Å²) in [5, 5.41) is 3.36.